The molecule has 0 aromatic rings. The van der Waals surface area contributed by atoms with Crippen molar-refractivity contribution in [1.29, 1.82) is 0 Å². The first-order valence-electron chi connectivity index (χ1n) is 10.0. The quantitative estimate of drug-likeness (QED) is 0.509. The molecule has 2 fully saturated rings. The van der Waals surface area contributed by atoms with Crippen molar-refractivity contribution in [2.45, 2.75) is 103 Å². The van der Waals surface area contributed by atoms with E-state index >= 15 is 0 Å². The zero-order valence-electron chi connectivity index (χ0n) is 17.8. The third-order valence-corrected chi connectivity index (χ3v) is 5.88. The third kappa shape index (κ3) is 7.73. The molecule has 2 heterocycles. The van der Waals surface area contributed by atoms with Gasteiger partial charge in [-0.25, -0.2) is 0 Å². The van der Waals surface area contributed by atoms with E-state index in [4.69, 9.17) is 28.0 Å². The van der Waals surface area contributed by atoms with E-state index in [0.29, 0.717) is 13.0 Å². The summed E-state index contributed by atoms with van der Waals surface area (Å²) in [4.78, 5) is 0. The van der Waals surface area contributed by atoms with Crippen LogP contribution in [-0.4, -0.2) is 68.7 Å². The molecule has 0 amide bonds. The Morgan fingerprint density at radius 2 is 1.48 bits per heavy atom. The maximum Gasteiger partial charge on any atom is 0.328 e. The smallest absolute Gasteiger partial charge is 0.328 e. The molecule has 0 radical (unpaired) electrons. The summed E-state index contributed by atoms with van der Waals surface area (Å²) in [5.41, 5.74) is 0. The van der Waals surface area contributed by atoms with E-state index in [1.807, 2.05) is 41.5 Å². The molecule has 7 atom stereocenters. The van der Waals surface area contributed by atoms with Crippen LogP contribution in [0.5, 0.6) is 0 Å². The van der Waals surface area contributed by atoms with E-state index in [0.717, 1.165) is 6.42 Å². The van der Waals surface area contributed by atoms with Crippen LogP contribution in [0.1, 0.15) is 54.4 Å². The van der Waals surface area contributed by atoms with Gasteiger partial charge in [-0.05, 0) is 41.5 Å². The molecule has 2 saturated heterocycles. The summed E-state index contributed by atoms with van der Waals surface area (Å²) in [7, 11) is -3.26. The van der Waals surface area contributed by atoms with Crippen molar-refractivity contribution in [2.24, 2.45) is 0 Å². The van der Waals surface area contributed by atoms with Crippen LogP contribution < -0.4 is 0 Å². The molecule has 160 valence electrons. The molecule has 0 spiro atoms. The monoisotopic (exact) mass is 408 g/mol. The summed E-state index contributed by atoms with van der Waals surface area (Å²) in [5, 5.41) is 0. The minimum atomic E-state index is -3.26. The van der Waals surface area contributed by atoms with Crippen LogP contribution in [0.15, 0.2) is 0 Å². The molecule has 8 heteroatoms. The molecule has 0 saturated carbocycles. The number of rotatable bonds is 10. The summed E-state index contributed by atoms with van der Waals surface area (Å²) < 4.78 is 47.7. The molecule has 7 nitrogen and oxygen atoms in total. The molecular weight excluding hydrogens is 371 g/mol. The van der Waals surface area contributed by atoms with Crippen molar-refractivity contribution in [1.82, 2.24) is 0 Å². The molecule has 27 heavy (non-hydrogen) atoms. The van der Waals surface area contributed by atoms with Crippen LogP contribution >= 0.6 is 7.60 Å². The van der Waals surface area contributed by atoms with Crippen molar-refractivity contribution in [3.05, 3.63) is 0 Å². The first kappa shape index (κ1) is 23.3. The first-order chi connectivity index (χ1) is 12.6. The van der Waals surface area contributed by atoms with Gasteiger partial charge in [-0.15, -0.1) is 0 Å². The molecule has 2 unspecified atom stereocenters. The van der Waals surface area contributed by atoms with Crippen molar-refractivity contribution in [2.75, 3.05) is 19.9 Å². The topological polar surface area (TPSA) is 72.5 Å². The molecule has 0 aromatic carbocycles. The molecule has 0 aliphatic carbocycles. The lowest BCUT2D eigenvalue weighted by atomic mass is 10.1. The Morgan fingerprint density at radius 1 is 0.926 bits per heavy atom. The summed E-state index contributed by atoms with van der Waals surface area (Å²) in [6.45, 7) is 14.0. The van der Waals surface area contributed by atoms with E-state index in [1.165, 1.54) is 6.66 Å². The van der Waals surface area contributed by atoms with Gasteiger partial charge >= 0.3 is 7.60 Å². The van der Waals surface area contributed by atoms with Gasteiger partial charge in [0.1, 0.15) is 12.2 Å². The summed E-state index contributed by atoms with van der Waals surface area (Å²) in [5.74, 6) is 0. The van der Waals surface area contributed by atoms with E-state index in [1.54, 1.807) is 0 Å². The lowest BCUT2D eigenvalue weighted by molar-refractivity contribution is -0.0654. The maximum absolute atomic E-state index is 12.9. The van der Waals surface area contributed by atoms with Gasteiger partial charge < -0.3 is 28.0 Å². The van der Waals surface area contributed by atoms with E-state index < -0.39 is 7.60 Å². The van der Waals surface area contributed by atoms with Crippen molar-refractivity contribution < 1.29 is 32.6 Å². The van der Waals surface area contributed by atoms with Crippen LogP contribution in [0.25, 0.3) is 0 Å². The average Bonchev–Trinajstić information content (AvgIpc) is 3.04. The van der Waals surface area contributed by atoms with Gasteiger partial charge in [0.25, 0.3) is 0 Å². The predicted molar refractivity (Wildman–Crippen MR) is 103 cm³/mol. The Bertz CT molecular complexity index is 498. The molecule has 0 bridgehead atoms. The Labute approximate surface area is 163 Å². The molecule has 0 aromatic heterocycles. The van der Waals surface area contributed by atoms with Gasteiger partial charge in [-0.3, -0.25) is 4.57 Å². The van der Waals surface area contributed by atoms with Crippen LogP contribution in [0, 0.1) is 0 Å². The Kier molecular flexibility index (Phi) is 8.75. The van der Waals surface area contributed by atoms with Crippen molar-refractivity contribution >= 4 is 7.60 Å². The second kappa shape index (κ2) is 10.1. The largest absolute Gasteiger partial charge is 0.376 e. The number of ether oxygens (including phenoxy) is 4. The fourth-order valence-electron chi connectivity index (χ4n) is 3.51. The predicted octanol–water partition coefficient (Wildman–Crippen LogP) is 3.78. The molecule has 0 N–H and O–H groups in total. The maximum atomic E-state index is 12.9. The molecule has 2 rings (SSSR count). The third-order valence-electron chi connectivity index (χ3n) is 4.61. The van der Waals surface area contributed by atoms with Gasteiger partial charge in [-0.2, -0.15) is 0 Å². The minimum absolute atomic E-state index is 0.0404. The van der Waals surface area contributed by atoms with Crippen molar-refractivity contribution in [3.63, 3.8) is 0 Å². The van der Waals surface area contributed by atoms with E-state index in [9.17, 15) is 4.57 Å². The highest BCUT2D eigenvalue weighted by Gasteiger charge is 2.40. The highest BCUT2D eigenvalue weighted by atomic mass is 31.2. The minimum Gasteiger partial charge on any atom is -0.376 e. The normalized spacial score (nSPS) is 36.6. The molecule has 2 aliphatic rings. The van der Waals surface area contributed by atoms with Crippen LogP contribution in [0.2, 0.25) is 0 Å². The number of hydrogen-bond acceptors (Lipinski definition) is 7. The van der Waals surface area contributed by atoms with Gasteiger partial charge in [0.05, 0.1) is 49.8 Å². The van der Waals surface area contributed by atoms with Crippen LogP contribution in [-0.2, 0) is 32.6 Å². The first-order valence-corrected chi connectivity index (χ1v) is 12.0. The standard InChI is InChI=1S/C19H37O7P/c1-12(2)21-10-18-17(9-15(6)24-18)26-27(7,20)22-11-19-16(23-13(3)4)8-14(5)25-19/h12-19H,8-11H2,1-7H3/t14-,15-,16?,17+,18+,19+,27?/m0/s1. The average molecular weight is 408 g/mol. The summed E-state index contributed by atoms with van der Waals surface area (Å²) in [6.07, 6.45) is 0.997. The summed E-state index contributed by atoms with van der Waals surface area (Å²) in [6, 6.07) is 0. The van der Waals surface area contributed by atoms with Crippen molar-refractivity contribution in [3.8, 4) is 0 Å². The van der Waals surface area contributed by atoms with Crippen LogP contribution in [0.4, 0.5) is 0 Å². The summed E-state index contributed by atoms with van der Waals surface area (Å²) >= 11 is 0. The van der Waals surface area contributed by atoms with Gasteiger partial charge in [0.15, 0.2) is 0 Å². The van der Waals surface area contributed by atoms with Gasteiger partial charge in [-0.1, -0.05) is 0 Å². The zero-order valence-corrected chi connectivity index (χ0v) is 18.6. The van der Waals surface area contributed by atoms with Crippen LogP contribution in [0.3, 0.4) is 0 Å². The zero-order chi connectivity index (χ0) is 20.2. The lowest BCUT2D eigenvalue weighted by Crippen LogP contribution is -2.32. The fraction of sp³-hybridized carbons (Fsp3) is 1.00. The molecular formula is C19H37O7P. The van der Waals surface area contributed by atoms with E-state index in [-0.39, 0.29) is 55.4 Å². The Morgan fingerprint density at radius 3 is 2.04 bits per heavy atom. The lowest BCUT2D eigenvalue weighted by Gasteiger charge is -2.26. The highest BCUT2D eigenvalue weighted by Crippen LogP contribution is 2.48. The molecule has 2 aliphatic heterocycles. The van der Waals surface area contributed by atoms with Gasteiger partial charge in [0.2, 0.25) is 0 Å². The van der Waals surface area contributed by atoms with Gasteiger partial charge in [0, 0.05) is 19.5 Å². The fourth-order valence-corrected chi connectivity index (χ4v) is 4.70. The SMILES string of the molecule is CC(C)OC[C@H]1O[C@@H](C)C[C@H]1OP(C)(=O)OC[C@H]1O[C@@H](C)CC1OC(C)C. The highest BCUT2D eigenvalue weighted by molar-refractivity contribution is 7.53. The Hall–Kier alpha value is -0.0100. The second-order valence-electron chi connectivity index (χ2n) is 8.26. The second-order valence-corrected chi connectivity index (χ2v) is 10.3. The van der Waals surface area contributed by atoms with E-state index in [2.05, 4.69) is 0 Å². The number of hydrogen-bond donors (Lipinski definition) is 0. The Balaban J connectivity index is 1.87.